The number of esters is 1. The number of hydrogen-bond acceptors (Lipinski definition) is 10. The van der Waals surface area contributed by atoms with Gasteiger partial charge in [0.05, 0.1) is 55.2 Å². The van der Waals surface area contributed by atoms with Crippen LogP contribution in [0.1, 0.15) is 35.4 Å². The normalized spacial score (nSPS) is 21.6. The third-order valence-corrected chi connectivity index (χ3v) is 6.89. The Morgan fingerprint density at radius 2 is 2.05 bits per heavy atom. The van der Waals surface area contributed by atoms with Crippen LogP contribution in [0.2, 0.25) is 5.15 Å². The molecule has 3 atom stereocenters. The third-order valence-electron chi connectivity index (χ3n) is 6.68. The second kappa shape index (κ2) is 9.88. The molecule has 2 fully saturated rings. The summed E-state index contributed by atoms with van der Waals surface area (Å²) in [4.78, 5) is 28.7. The number of nitrogens with one attached hydrogen (secondary N) is 1. The molecular weight excluding hydrogens is 505 g/mol. The quantitative estimate of drug-likeness (QED) is 0.389. The summed E-state index contributed by atoms with van der Waals surface area (Å²) in [5.74, 6) is -0.0734. The van der Waals surface area contributed by atoms with Crippen molar-refractivity contribution in [3.8, 4) is 5.88 Å². The molecule has 2 aromatic heterocycles. The van der Waals surface area contributed by atoms with Gasteiger partial charge in [0.15, 0.2) is 11.5 Å². The molecule has 3 aliphatic rings. The summed E-state index contributed by atoms with van der Waals surface area (Å²) in [6.07, 6.45) is 0.288. The minimum Gasteiger partial charge on any atom is -0.473 e. The van der Waals surface area contributed by atoms with E-state index in [4.69, 9.17) is 35.5 Å². The van der Waals surface area contributed by atoms with Gasteiger partial charge in [-0.3, -0.25) is 0 Å². The summed E-state index contributed by atoms with van der Waals surface area (Å²) in [7, 11) is 0. The number of carbonyl (C=O) groups excluding carboxylic acids is 1. The Labute approximate surface area is 217 Å². The van der Waals surface area contributed by atoms with Crippen LogP contribution >= 0.6 is 11.6 Å². The number of fused-ring (bicyclic) bond motifs is 4. The molecule has 2 saturated heterocycles. The van der Waals surface area contributed by atoms with Crippen LogP contribution in [0.5, 0.6) is 5.88 Å². The Bertz CT molecular complexity index is 1350. The number of nitrogens with zero attached hydrogens (tertiary/aromatic N) is 4. The van der Waals surface area contributed by atoms with Gasteiger partial charge >= 0.3 is 5.97 Å². The van der Waals surface area contributed by atoms with E-state index < -0.39 is 17.8 Å². The summed E-state index contributed by atoms with van der Waals surface area (Å²) in [5.41, 5.74) is 1.93. The van der Waals surface area contributed by atoms with E-state index in [2.05, 4.69) is 20.2 Å². The van der Waals surface area contributed by atoms with Gasteiger partial charge < -0.3 is 29.2 Å². The predicted octanol–water partition coefficient (Wildman–Crippen LogP) is 3.53. The maximum Gasteiger partial charge on any atom is 0.359 e. The van der Waals surface area contributed by atoms with Crippen LogP contribution in [0.3, 0.4) is 0 Å². The van der Waals surface area contributed by atoms with Gasteiger partial charge in [0.2, 0.25) is 0 Å². The molecule has 1 aromatic carbocycles. The van der Waals surface area contributed by atoms with E-state index in [1.165, 1.54) is 12.1 Å². The molecule has 5 heterocycles. The summed E-state index contributed by atoms with van der Waals surface area (Å²) in [5, 5.41) is 3.42. The predicted molar refractivity (Wildman–Crippen MR) is 133 cm³/mol. The van der Waals surface area contributed by atoms with Crippen LogP contribution in [-0.4, -0.2) is 72.6 Å². The SMILES string of the molecule is C[C@@H](Nc1ccc(Cl)nc1C(=O)O[C@@H]1CCOC1)c1cc(F)cc2nc3c(nc12)N1CCOC[C@H]1CO3. The maximum atomic E-state index is 14.7. The van der Waals surface area contributed by atoms with E-state index >= 15 is 0 Å². The van der Waals surface area contributed by atoms with E-state index in [9.17, 15) is 9.18 Å². The first kappa shape index (κ1) is 24.1. The Kier molecular flexibility index (Phi) is 6.43. The number of rotatable bonds is 5. The Balaban J connectivity index is 1.34. The van der Waals surface area contributed by atoms with Crippen LogP contribution in [-0.2, 0) is 14.2 Å². The lowest BCUT2D eigenvalue weighted by atomic mass is 10.0. The maximum absolute atomic E-state index is 14.7. The van der Waals surface area contributed by atoms with E-state index in [1.807, 2.05) is 6.92 Å². The Morgan fingerprint density at radius 3 is 2.89 bits per heavy atom. The van der Waals surface area contributed by atoms with Crippen LogP contribution in [0.25, 0.3) is 11.0 Å². The van der Waals surface area contributed by atoms with Gasteiger partial charge in [-0.25, -0.2) is 24.1 Å². The zero-order valence-corrected chi connectivity index (χ0v) is 20.8. The molecule has 0 amide bonds. The first-order valence-corrected chi connectivity index (χ1v) is 12.5. The van der Waals surface area contributed by atoms with E-state index in [0.29, 0.717) is 80.0 Å². The molecular formula is C25H25ClFN5O5. The molecule has 3 aliphatic heterocycles. The fourth-order valence-electron chi connectivity index (χ4n) is 4.82. The number of pyridine rings is 1. The van der Waals surface area contributed by atoms with Crippen molar-refractivity contribution in [2.45, 2.75) is 31.5 Å². The summed E-state index contributed by atoms with van der Waals surface area (Å²) in [6, 6.07) is 5.55. The van der Waals surface area contributed by atoms with Crippen molar-refractivity contribution in [3.63, 3.8) is 0 Å². The number of halogens is 2. The highest BCUT2D eigenvalue weighted by Gasteiger charge is 2.33. The van der Waals surface area contributed by atoms with Crippen molar-refractivity contribution in [1.29, 1.82) is 0 Å². The smallest absolute Gasteiger partial charge is 0.359 e. The molecule has 37 heavy (non-hydrogen) atoms. The monoisotopic (exact) mass is 529 g/mol. The minimum atomic E-state index is -0.610. The molecule has 194 valence electrons. The van der Waals surface area contributed by atoms with Gasteiger partial charge in [0, 0.05) is 24.6 Å². The van der Waals surface area contributed by atoms with Crippen LogP contribution < -0.4 is 15.0 Å². The molecule has 12 heteroatoms. The zero-order chi connectivity index (χ0) is 25.5. The molecule has 0 radical (unpaired) electrons. The number of morpholine rings is 1. The molecule has 10 nitrogen and oxygen atoms in total. The number of ether oxygens (including phenoxy) is 4. The number of aromatic nitrogens is 3. The standard InChI is InChI=1S/C25H25ClFN5O5/c1-13(28-18-2-3-20(26)30-22(18)25(33)37-16-4-6-34-12-16)17-8-14(27)9-19-21(17)31-23-24(29-19)36-11-15-10-35-7-5-32(15)23/h2-3,8-9,13,15-16,28H,4-7,10-12H2,1H3/t13-,15+,16-/m1/s1. The van der Waals surface area contributed by atoms with Crippen molar-refractivity contribution in [2.24, 2.45) is 0 Å². The molecule has 0 spiro atoms. The van der Waals surface area contributed by atoms with Crippen LogP contribution in [0.15, 0.2) is 24.3 Å². The van der Waals surface area contributed by atoms with Crippen molar-refractivity contribution in [2.75, 3.05) is 49.8 Å². The fourth-order valence-corrected chi connectivity index (χ4v) is 4.97. The molecule has 0 bridgehead atoms. The molecule has 3 aromatic rings. The van der Waals surface area contributed by atoms with Gasteiger partial charge in [-0.05, 0) is 25.1 Å². The highest BCUT2D eigenvalue weighted by atomic mass is 35.5. The average Bonchev–Trinajstić information content (AvgIpc) is 3.41. The van der Waals surface area contributed by atoms with Crippen molar-refractivity contribution in [3.05, 3.63) is 46.5 Å². The van der Waals surface area contributed by atoms with Gasteiger partial charge in [0.25, 0.3) is 5.88 Å². The summed E-state index contributed by atoms with van der Waals surface area (Å²) >= 11 is 6.09. The average molecular weight is 530 g/mol. The first-order chi connectivity index (χ1) is 18.0. The number of benzene rings is 1. The first-order valence-electron chi connectivity index (χ1n) is 12.2. The number of carbonyl (C=O) groups is 1. The van der Waals surface area contributed by atoms with E-state index in [1.54, 1.807) is 12.1 Å². The van der Waals surface area contributed by atoms with Gasteiger partial charge in [-0.15, -0.1) is 0 Å². The van der Waals surface area contributed by atoms with E-state index in [-0.39, 0.29) is 23.0 Å². The number of hydrogen-bond donors (Lipinski definition) is 1. The highest BCUT2D eigenvalue weighted by molar-refractivity contribution is 6.29. The van der Waals surface area contributed by atoms with Gasteiger partial charge in [-0.2, -0.15) is 0 Å². The number of anilines is 2. The Hall–Kier alpha value is -3.28. The summed E-state index contributed by atoms with van der Waals surface area (Å²) < 4.78 is 36.9. The van der Waals surface area contributed by atoms with E-state index in [0.717, 1.165) is 0 Å². The third kappa shape index (κ3) is 4.74. The summed E-state index contributed by atoms with van der Waals surface area (Å²) in [6.45, 7) is 4.95. The molecule has 0 unspecified atom stereocenters. The molecule has 1 N–H and O–H groups in total. The second-order valence-corrected chi connectivity index (χ2v) is 9.62. The lowest BCUT2D eigenvalue weighted by Crippen LogP contribution is -2.51. The highest BCUT2D eigenvalue weighted by Crippen LogP contribution is 2.36. The largest absolute Gasteiger partial charge is 0.473 e. The zero-order valence-electron chi connectivity index (χ0n) is 20.1. The fraction of sp³-hybridized carbons (Fsp3) is 0.440. The minimum absolute atomic E-state index is 0.0416. The molecule has 0 saturated carbocycles. The molecule has 6 rings (SSSR count). The lowest BCUT2D eigenvalue weighted by Gasteiger charge is -2.39. The van der Waals surface area contributed by atoms with Crippen molar-refractivity contribution in [1.82, 2.24) is 15.0 Å². The topological polar surface area (TPSA) is 108 Å². The van der Waals surface area contributed by atoms with Crippen LogP contribution in [0, 0.1) is 5.82 Å². The van der Waals surface area contributed by atoms with Crippen LogP contribution in [0.4, 0.5) is 15.9 Å². The Morgan fingerprint density at radius 1 is 1.19 bits per heavy atom. The lowest BCUT2D eigenvalue weighted by molar-refractivity contribution is 0.0265. The van der Waals surface area contributed by atoms with Gasteiger partial charge in [0.1, 0.15) is 23.7 Å². The molecule has 0 aliphatic carbocycles. The van der Waals surface area contributed by atoms with Gasteiger partial charge in [-0.1, -0.05) is 11.6 Å². The van der Waals surface area contributed by atoms with Crippen molar-refractivity contribution >= 4 is 40.1 Å². The van der Waals surface area contributed by atoms with Crippen molar-refractivity contribution < 1.29 is 28.1 Å². The second-order valence-electron chi connectivity index (χ2n) is 9.24.